The predicted octanol–water partition coefficient (Wildman–Crippen LogP) is 1.22. The van der Waals surface area contributed by atoms with Crippen molar-refractivity contribution in [1.82, 2.24) is 14.9 Å². The van der Waals surface area contributed by atoms with Gasteiger partial charge in [-0.1, -0.05) is 0 Å². The summed E-state index contributed by atoms with van der Waals surface area (Å²) in [5, 5.41) is 8.89. The van der Waals surface area contributed by atoms with E-state index in [4.69, 9.17) is 5.11 Å². The topological polar surface area (TPSA) is 69.2 Å². The predicted molar refractivity (Wildman–Crippen MR) is 71.6 cm³/mol. The van der Waals surface area contributed by atoms with E-state index < -0.39 is 0 Å². The summed E-state index contributed by atoms with van der Waals surface area (Å²) in [5.74, 6) is -0.0530. The number of amides is 1. The van der Waals surface area contributed by atoms with Gasteiger partial charge in [0.15, 0.2) is 0 Å². The number of nitrogens with zero attached hydrogens (tertiary/aromatic N) is 2. The number of carbonyl (C=O) groups is 1. The molecule has 100 valence electrons. The number of nitrogens with one attached hydrogen (secondary N) is 1. The third-order valence-electron chi connectivity index (χ3n) is 2.86. The minimum atomic E-state index is -0.0530. The summed E-state index contributed by atoms with van der Waals surface area (Å²) >= 11 is 0. The van der Waals surface area contributed by atoms with Gasteiger partial charge in [-0.15, -0.1) is 0 Å². The van der Waals surface area contributed by atoms with Crippen LogP contribution < -0.4 is 0 Å². The lowest BCUT2D eigenvalue weighted by atomic mass is 10.1. The van der Waals surface area contributed by atoms with E-state index in [0.29, 0.717) is 18.5 Å². The second-order valence-corrected chi connectivity index (χ2v) is 4.39. The molecule has 2 aromatic heterocycles. The van der Waals surface area contributed by atoms with Crippen LogP contribution in [0, 0.1) is 0 Å². The largest absolute Gasteiger partial charge is 0.396 e. The Labute approximate surface area is 111 Å². The van der Waals surface area contributed by atoms with Crippen molar-refractivity contribution in [3.05, 3.63) is 53.6 Å². The van der Waals surface area contributed by atoms with Crippen LogP contribution in [-0.4, -0.2) is 39.5 Å². The second kappa shape index (κ2) is 6.15. The summed E-state index contributed by atoms with van der Waals surface area (Å²) in [7, 11) is 1.77. The molecule has 0 aliphatic rings. The van der Waals surface area contributed by atoms with Crippen LogP contribution in [0.4, 0.5) is 0 Å². The van der Waals surface area contributed by atoms with Gasteiger partial charge in [-0.05, 0) is 23.8 Å². The van der Waals surface area contributed by atoms with E-state index in [-0.39, 0.29) is 12.5 Å². The average molecular weight is 259 g/mol. The summed E-state index contributed by atoms with van der Waals surface area (Å²) in [4.78, 5) is 21.0. The number of carbonyl (C=O) groups excluding carboxylic acids is 1. The third-order valence-corrected chi connectivity index (χ3v) is 2.86. The Balaban J connectivity index is 2.08. The molecule has 2 rings (SSSR count). The number of H-pyrrole nitrogens is 1. The quantitative estimate of drug-likeness (QED) is 0.848. The molecule has 0 aliphatic heterocycles. The highest BCUT2D eigenvalue weighted by Crippen LogP contribution is 2.09. The van der Waals surface area contributed by atoms with Crippen molar-refractivity contribution >= 4 is 5.91 Å². The molecule has 1 amide bonds. The Kier molecular flexibility index (Phi) is 4.30. The molecule has 0 aliphatic carbocycles. The number of hydrogen-bond acceptors (Lipinski definition) is 3. The van der Waals surface area contributed by atoms with Crippen molar-refractivity contribution in [3.8, 4) is 0 Å². The van der Waals surface area contributed by atoms with E-state index in [1.54, 1.807) is 30.3 Å². The van der Waals surface area contributed by atoms with E-state index in [9.17, 15) is 4.79 Å². The maximum atomic E-state index is 12.3. The Hall–Kier alpha value is -2.14. The van der Waals surface area contributed by atoms with Crippen LogP contribution in [0.25, 0.3) is 0 Å². The van der Waals surface area contributed by atoms with Crippen LogP contribution in [0.5, 0.6) is 0 Å². The SMILES string of the molecule is CN(Cc1cc[nH]c1)C(=O)c1ccnc(CCO)c1. The Morgan fingerprint density at radius 3 is 3.00 bits per heavy atom. The van der Waals surface area contributed by atoms with Crippen LogP contribution in [0.3, 0.4) is 0 Å². The van der Waals surface area contributed by atoms with Gasteiger partial charge in [-0.2, -0.15) is 0 Å². The fourth-order valence-electron chi connectivity index (χ4n) is 1.89. The van der Waals surface area contributed by atoms with Gasteiger partial charge in [0.25, 0.3) is 5.91 Å². The Morgan fingerprint density at radius 2 is 2.32 bits per heavy atom. The molecule has 0 radical (unpaired) electrons. The van der Waals surface area contributed by atoms with Gasteiger partial charge in [0.1, 0.15) is 0 Å². The molecule has 0 fully saturated rings. The van der Waals surface area contributed by atoms with E-state index in [2.05, 4.69) is 9.97 Å². The number of aliphatic hydroxyl groups excluding tert-OH is 1. The first-order valence-electron chi connectivity index (χ1n) is 6.13. The lowest BCUT2D eigenvalue weighted by molar-refractivity contribution is 0.0785. The fraction of sp³-hybridized carbons (Fsp3) is 0.286. The standard InChI is InChI=1S/C14H17N3O2/c1-17(10-11-2-5-15-9-11)14(19)12-3-6-16-13(8-12)4-7-18/h2-3,5-6,8-9,15,18H,4,7,10H2,1H3. The highest BCUT2D eigenvalue weighted by atomic mass is 16.3. The lowest BCUT2D eigenvalue weighted by Gasteiger charge is -2.16. The minimum Gasteiger partial charge on any atom is -0.396 e. The number of aromatic amines is 1. The molecule has 2 heterocycles. The zero-order valence-corrected chi connectivity index (χ0v) is 10.8. The van der Waals surface area contributed by atoms with E-state index in [0.717, 1.165) is 11.3 Å². The highest BCUT2D eigenvalue weighted by molar-refractivity contribution is 5.94. The van der Waals surface area contributed by atoms with Crippen LogP contribution >= 0.6 is 0 Å². The summed E-state index contributed by atoms with van der Waals surface area (Å²) < 4.78 is 0. The van der Waals surface area contributed by atoms with Gasteiger partial charge in [0, 0.05) is 56.5 Å². The maximum Gasteiger partial charge on any atom is 0.254 e. The van der Waals surface area contributed by atoms with Gasteiger partial charge >= 0.3 is 0 Å². The van der Waals surface area contributed by atoms with E-state index in [1.807, 2.05) is 18.5 Å². The van der Waals surface area contributed by atoms with Gasteiger partial charge < -0.3 is 15.0 Å². The van der Waals surface area contributed by atoms with Gasteiger partial charge in [0.05, 0.1) is 0 Å². The molecule has 2 N–H and O–H groups in total. The molecule has 0 saturated heterocycles. The molecular weight excluding hydrogens is 242 g/mol. The fourth-order valence-corrected chi connectivity index (χ4v) is 1.89. The first-order valence-corrected chi connectivity index (χ1v) is 6.13. The van der Waals surface area contributed by atoms with Crippen molar-refractivity contribution in [1.29, 1.82) is 0 Å². The Morgan fingerprint density at radius 1 is 1.47 bits per heavy atom. The van der Waals surface area contributed by atoms with Gasteiger partial charge in [0.2, 0.25) is 0 Å². The molecule has 0 atom stereocenters. The number of hydrogen-bond donors (Lipinski definition) is 2. The number of rotatable bonds is 5. The summed E-state index contributed by atoms with van der Waals surface area (Å²) in [6.07, 6.45) is 5.76. The minimum absolute atomic E-state index is 0.0316. The van der Waals surface area contributed by atoms with Crippen molar-refractivity contribution in [2.24, 2.45) is 0 Å². The highest BCUT2D eigenvalue weighted by Gasteiger charge is 2.12. The monoisotopic (exact) mass is 259 g/mol. The first kappa shape index (κ1) is 13.3. The molecule has 2 aromatic rings. The van der Waals surface area contributed by atoms with Gasteiger partial charge in [-0.3, -0.25) is 9.78 Å². The summed E-state index contributed by atoms with van der Waals surface area (Å²) in [6, 6.07) is 5.36. The summed E-state index contributed by atoms with van der Waals surface area (Å²) in [6.45, 7) is 0.587. The van der Waals surface area contributed by atoms with Gasteiger partial charge in [-0.25, -0.2) is 0 Å². The summed E-state index contributed by atoms with van der Waals surface area (Å²) in [5.41, 5.74) is 2.38. The van der Waals surface area contributed by atoms with Crippen LogP contribution in [0.15, 0.2) is 36.8 Å². The molecule has 19 heavy (non-hydrogen) atoms. The molecule has 0 spiro atoms. The number of aromatic nitrogens is 2. The van der Waals surface area contributed by atoms with Crippen molar-refractivity contribution < 1.29 is 9.90 Å². The normalized spacial score (nSPS) is 10.4. The zero-order chi connectivity index (χ0) is 13.7. The second-order valence-electron chi connectivity index (χ2n) is 4.39. The van der Waals surface area contributed by atoms with Crippen molar-refractivity contribution in [2.45, 2.75) is 13.0 Å². The van der Waals surface area contributed by atoms with Crippen LogP contribution in [0.2, 0.25) is 0 Å². The third kappa shape index (κ3) is 3.42. The van der Waals surface area contributed by atoms with E-state index in [1.165, 1.54) is 0 Å². The first-order chi connectivity index (χ1) is 9.20. The molecule has 0 bridgehead atoms. The lowest BCUT2D eigenvalue weighted by Crippen LogP contribution is -2.26. The van der Waals surface area contributed by atoms with Crippen molar-refractivity contribution in [3.63, 3.8) is 0 Å². The maximum absolute atomic E-state index is 12.3. The molecule has 0 saturated carbocycles. The Bertz CT molecular complexity index is 537. The smallest absolute Gasteiger partial charge is 0.254 e. The molecule has 0 aromatic carbocycles. The molecular formula is C14H17N3O2. The van der Waals surface area contributed by atoms with Crippen LogP contribution in [-0.2, 0) is 13.0 Å². The molecule has 0 unspecified atom stereocenters. The van der Waals surface area contributed by atoms with Crippen LogP contribution in [0.1, 0.15) is 21.6 Å². The zero-order valence-electron chi connectivity index (χ0n) is 10.8. The number of pyridine rings is 1. The molecule has 5 heteroatoms. The number of aliphatic hydroxyl groups is 1. The van der Waals surface area contributed by atoms with Crippen molar-refractivity contribution in [2.75, 3.05) is 13.7 Å². The average Bonchev–Trinajstić information content (AvgIpc) is 2.91. The van der Waals surface area contributed by atoms with E-state index >= 15 is 0 Å². The molecule has 5 nitrogen and oxygen atoms in total.